The largest absolute Gasteiger partial charge is 0.490 e. The molecule has 0 fully saturated rings. The first-order chi connectivity index (χ1) is 7.77. The summed E-state index contributed by atoms with van der Waals surface area (Å²) in [6.45, 7) is 3.45. The fourth-order valence-electron chi connectivity index (χ4n) is 1.37. The van der Waals surface area contributed by atoms with Gasteiger partial charge in [0.2, 0.25) is 0 Å². The Bertz CT molecular complexity index is 304. The van der Waals surface area contributed by atoms with Gasteiger partial charge in [-0.15, -0.1) is 0 Å². The maximum Gasteiger partial charge on any atom is 0.161 e. The molecule has 0 heterocycles. The SMILES string of the molecule is CCOc1ccccc1OC[C@H](O)C[NH2+]C. The molecule has 0 bridgehead atoms. The van der Waals surface area contributed by atoms with Crippen LogP contribution in [0.25, 0.3) is 0 Å². The number of likely N-dealkylation sites (N-methyl/N-ethyl adjacent to an activating group) is 1. The predicted octanol–water partition coefficient (Wildman–Crippen LogP) is 0.0182. The number of nitrogens with two attached hydrogens (primary N) is 1. The molecule has 16 heavy (non-hydrogen) atoms. The summed E-state index contributed by atoms with van der Waals surface area (Å²) in [6.07, 6.45) is -0.459. The molecule has 0 saturated heterocycles. The van der Waals surface area contributed by atoms with Crippen molar-refractivity contribution in [2.45, 2.75) is 13.0 Å². The highest BCUT2D eigenvalue weighted by Gasteiger charge is 2.08. The maximum absolute atomic E-state index is 9.53. The fourth-order valence-corrected chi connectivity index (χ4v) is 1.37. The van der Waals surface area contributed by atoms with Crippen molar-refractivity contribution in [1.29, 1.82) is 0 Å². The summed E-state index contributed by atoms with van der Waals surface area (Å²) >= 11 is 0. The first kappa shape index (κ1) is 12.8. The maximum atomic E-state index is 9.53. The normalized spacial score (nSPS) is 12.2. The van der Waals surface area contributed by atoms with Crippen LogP contribution < -0.4 is 14.8 Å². The number of quaternary nitrogens is 1. The Kier molecular flexibility index (Phi) is 5.67. The molecule has 0 saturated carbocycles. The van der Waals surface area contributed by atoms with Crippen LogP contribution in [0.3, 0.4) is 0 Å². The highest BCUT2D eigenvalue weighted by Crippen LogP contribution is 2.26. The Balaban J connectivity index is 2.52. The summed E-state index contributed by atoms with van der Waals surface area (Å²) < 4.78 is 10.9. The van der Waals surface area contributed by atoms with Crippen LogP contribution in [0.15, 0.2) is 24.3 Å². The molecule has 3 N–H and O–H groups in total. The molecule has 0 aliphatic rings. The summed E-state index contributed by atoms with van der Waals surface area (Å²) in [5, 5.41) is 11.5. The Morgan fingerprint density at radius 2 is 1.88 bits per heavy atom. The van der Waals surface area contributed by atoms with E-state index in [0.29, 0.717) is 18.9 Å². The third-order valence-electron chi connectivity index (χ3n) is 2.09. The molecule has 0 radical (unpaired) electrons. The van der Waals surface area contributed by atoms with E-state index in [9.17, 15) is 5.11 Å². The van der Waals surface area contributed by atoms with Crippen LogP contribution in [-0.4, -0.2) is 38.0 Å². The number of para-hydroxylation sites is 2. The zero-order valence-corrected chi connectivity index (χ0v) is 9.85. The number of rotatable bonds is 7. The summed E-state index contributed by atoms with van der Waals surface area (Å²) in [5.74, 6) is 1.40. The smallest absolute Gasteiger partial charge is 0.161 e. The number of aliphatic hydroxyl groups excluding tert-OH is 1. The Morgan fingerprint density at radius 1 is 1.25 bits per heavy atom. The lowest BCUT2D eigenvalue weighted by atomic mass is 10.3. The lowest BCUT2D eigenvalue weighted by Crippen LogP contribution is -2.82. The van der Waals surface area contributed by atoms with Gasteiger partial charge in [0.1, 0.15) is 19.3 Å². The molecular formula is C12H20NO3+. The van der Waals surface area contributed by atoms with Gasteiger partial charge in [-0.25, -0.2) is 0 Å². The summed E-state index contributed by atoms with van der Waals surface area (Å²) in [4.78, 5) is 0. The van der Waals surface area contributed by atoms with Crippen LogP contribution >= 0.6 is 0 Å². The van der Waals surface area contributed by atoms with Gasteiger partial charge in [-0.3, -0.25) is 0 Å². The van der Waals surface area contributed by atoms with Gasteiger partial charge >= 0.3 is 0 Å². The van der Waals surface area contributed by atoms with Crippen molar-refractivity contribution in [3.8, 4) is 11.5 Å². The second-order valence-corrected chi connectivity index (χ2v) is 3.49. The van der Waals surface area contributed by atoms with Gasteiger partial charge in [-0.1, -0.05) is 12.1 Å². The Morgan fingerprint density at radius 3 is 2.44 bits per heavy atom. The van der Waals surface area contributed by atoms with Crippen molar-refractivity contribution >= 4 is 0 Å². The average Bonchev–Trinajstić information content (AvgIpc) is 2.29. The molecule has 0 aliphatic heterocycles. The van der Waals surface area contributed by atoms with E-state index in [-0.39, 0.29) is 6.61 Å². The molecule has 0 aromatic heterocycles. The highest BCUT2D eigenvalue weighted by molar-refractivity contribution is 5.39. The quantitative estimate of drug-likeness (QED) is 0.689. The minimum atomic E-state index is -0.459. The van der Waals surface area contributed by atoms with Gasteiger partial charge in [0, 0.05) is 0 Å². The molecule has 4 heteroatoms. The van der Waals surface area contributed by atoms with E-state index in [1.807, 2.05) is 43.6 Å². The van der Waals surface area contributed by atoms with Crippen molar-refractivity contribution in [3.05, 3.63) is 24.3 Å². The molecule has 1 rings (SSSR count). The van der Waals surface area contributed by atoms with Crippen LogP contribution in [-0.2, 0) is 0 Å². The molecule has 0 aliphatic carbocycles. The van der Waals surface area contributed by atoms with E-state index in [2.05, 4.69) is 0 Å². The van der Waals surface area contributed by atoms with Gasteiger partial charge in [0.05, 0.1) is 13.7 Å². The van der Waals surface area contributed by atoms with Gasteiger partial charge in [-0.05, 0) is 19.1 Å². The number of hydrogen-bond donors (Lipinski definition) is 2. The average molecular weight is 226 g/mol. The Labute approximate surface area is 96.2 Å². The first-order valence-corrected chi connectivity index (χ1v) is 5.58. The number of hydrogen-bond acceptors (Lipinski definition) is 3. The minimum absolute atomic E-state index is 0.286. The van der Waals surface area contributed by atoms with Crippen LogP contribution in [0.2, 0.25) is 0 Å². The second kappa shape index (κ2) is 7.09. The number of benzene rings is 1. The van der Waals surface area contributed by atoms with E-state index in [1.54, 1.807) is 0 Å². The van der Waals surface area contributed by atoms with Gasteiger partial charge in [0.15, 0.2) is 11.5 Å². The lowest BCUT2D eigenvalue weighted by molar-refractivity contribution is -0.633. The molecule has 0 unspecified atom stereocenters. The van der Waals surface area contributed by atoms with Gasteiger partial charge in [-0.2, -0.15) is 0 Å². The molecular weight excluding hydrogens is 206 g/mol. The molecule has 4 nitrogen and oxygen atoms in total. The van der Waals surface area contributed by atoms with E-state index in [0.717, 1.165) is 5.75 Å². The zero-order chi connectivity index (χ0) is 11.8. The van der Waals surface area contributed by atoms with E-state index in [4.69, 9.17) is 9.47 Å². The second-order valence-electron chi connectivity index (χ2n) is 3.49. The fraction of sp³-hybridized carbons (Fsp3) is 0.500. The Hall–Kier alpha value is -1.26. The summed E-state index contributed by atoms with van der Waals surface area (Å²) in [6, 6.07) is 7.48. The third-order valence-corrected chi connectivity index (χ3v) is 2.09. The van der Waals surface area contributed by atoms with E-state index < -0.39 is 6.10 Å². The first-order valence-electron chi connectivity index (χ1n) is 5.58. The minimum Gasteiger partial charge on any atom is -0.490 e. The summed E-state index contributed by atoms with van der Waals surface area (Å²) in [7, 11) is 1.91. The number of ether oxygens (including phenoxy) is 2. The topological polar surface area (TPSA) is 55.3 Å². The van der Waals surface area contributed by atoms with Crippen molar-refractivity contribution in [3.63, 3.8) is 0 Å². The van der Waals surface area contributed by atoms with E-state index in [1.165, 1.54) is 0 Å². The standard InChI is InChI=1S/C12H19NO3/c1-3-15-11-6-4-5-7-12(11)16-9-10(14)8-13-2/h4-7,10,13-14H,3,8-9H2,1-2H3/p+1/t10-/m1/s1. The van der Waals surface area contributed by atoms with Gasteiger partial charge < -0.3 is 19.9 Å². The van der Waals surface area contributed by atoms with Crippen molar-refractivity contribution in [1.82, 2.24) is 0 Å². The highest BCUT2D eigenvalue weighted by atomic mass is 16.5. The third kappa shape index (κ3) is 4.08. The molecule has 0 spiro atoms. The summed E-state index contributed by atoms with van der Waals surface area (Å²) in [5.41, 5.74) is 0. The van der Waals surface area contributed by atoms with Crippen LogP contribution in [0, 0.1) is 0 Å². The molecule has 1 aromatic rings. The van der Waals surface area contributed by atoms with Crippen molar-refractivity contribution in [2.24, 2.45) is 0 Å². The molecule has 1 aromatic carbocycles. The van der Waals surface area contributed by atoms with Gasteiger partial charge in [0.25, 0.3) is 0 Å². The predicted molar refractivity (Wildman–Crippen MR) is 61.8 cm³/mol. The van der Waals surface area contributed by atoms with Crippen molar-refractivity contribution < 1.29 is 19.9 Å². The lowest BCUT2D eigenvalue weighted by Gasteiger charge is -2.13. The van der Waals surface area contributed by atoms with Crippen LogP contribution in [0.5, 0.6) is 11.5 Å². The molecule has 1 atom stereocenters. The molecule has 0 amide bonds. The van der Waals surface area contributed by atoms with Crippen molar-refractivity contribution in [2.75, 3.05) is 26.8 Å². The number of aliphatic hydroxyl groups is 1. The van der Waals surface area contributed by atoms with E-state index >= 15 is 0 Å². The van der Waals surface area contributed by atoms with Crippen LogP contribution in [0.1, 0.15) is 6.92 Å². The monoisotopic (exact) mass is 226 g/mol. The van der Waals surface area contributed by atoms with Crippen LogP contribution in [0.4, 0.5) is 0 Å². The molecule has 90 valence electrons. The zero-order valence-electron chi connectivity index (χ0n) is 9.85.